The van der Waals surface area contributed by atoms with Crippen molar-refractivity contribution in [2.24, 2.45) is 0 Å². The van der Waals surface area contributed by atoms with Crippen molar-refractivity contribution in [2.45, 2.75) is 31.6 Å². The molecule has 0 N–H and O–H groups in total. The van der Waals surface area contributed by atoms with Gasteiger partial charge in [0.05, 0.1) is 0 Å². The number of pyridine rings is 1. The average molecular weight is 228 g/mol. The lowest BCUT2D eigenvalue weighted by Gasteiger charge is -2.44. The molecule has 0 radical (unpaired) electrons. The molecule has 0 aromatic carbocycles. The quantitative estimate of drug-likeness (QED) is 0.679. The highest BCUT2D eigenvalue weighted by Gasteiger charge is 2.38. The first kappa shape index (κ1) is 11.0. The number of likely N-dealkylation sites (tertiary alicyclic amines) is 1. The molecule has 3 rings (SSSR count). The van der Waals surface area contributed by atoms with E-state index in [4.69, 9.17) is 0 Å². The van der Waals surface area contributed by atoms with Gasteiger partial charge in [-0.15, -0.1) is 0 Å². The van der Waals surface area contributed by atoms with Crippen LogP contribution in [-0.4, -0.2) is 30.0 Å². The van der Waals surface area contributed by atoms with E-state index in [1.54, 1.807) is 0 Å². The van der Waals surface area contributed by atoms with Gasteiger partial charge in [0.15, 0.2) is 0 Å². The zero-order valence-corrected chi connectivity index (χ0v) is 10.7. The number of piperidine rings is 1. The minimum Gasteiger partial charge on any atom is -0.306 e. The molecular weight excluding hydrogens is 208 g/mol. The Balaban J connectivity index is 2.04. The largest absolute Gasteiger partial charge is 0.306 e. The van der Waals surface area contributed by atoms with Crippen LogP contribution in [0.15, 0.2) is 24.0 Å². The molecule has 1 saturated heterocycles. The Hall–Kier alpha value is -1.15. The first-order valence-electron chi connectivity index (χ1n) is 6.50. The lowest BCUT2D eigenvalue weighted by Crippen LogP contribution is -2.42. The van der Waals surface area contributed by atoms with Crippen molar-refractivity contribution < 1.29 is 0 Å². The Morgan fingerprint density at radius 2 is 2.06 bits per heavy atom. The summed E-state index contributed by atoms with van der Waals surface area (Å²) in [4.78, 5) is 6.71. The second kappa shape index (κ2) is 3.95. The molecule has 2 heteroatoms. The molecule has 0 unspecified atom stereocenters. The highest BCUT2D eigenvalue weighted by Crippen LogP contribution is 2.45. The highest BCUT2D eigenvalue weighted by molar-refractivity contribution is 5.61. The van der Waals surface area contributed by atoms with E-state index in [1.165, 1.54) is 49.1 Å². The molecule has 1 aliphatic carbocycles. The lowest BCUT2D eigenvalue weighted by atomic mass is 9.65. The van der Waals surface area contributed by atoms with Gasteiger partial charge in [0, 0.05) is 17.8 Å². The fourth-order valence-corrected chi connectivity index (χ4v) is 3.44. The minimum atomic E-state index is 0.392. The molecule has 1 aliphatic heterocycles. The number of fused-ring (bicyclic) bond motifs is 2. The number of hydrogen-bond donors (Lipinski definition) is 0. The zero-order valence-electron chi connectivity index (χ0n) is 10.7. The Morgan fingerprint density at radius 1 is 1.29 bits per heavy atom. The van der Waals surface area contributed by atoms with Crippen LogP contribution in [0.5, 0.6) is 0 Å². The van der Waals surface area contributed by atoms with Crippen LogP contribution in [0.25, 0.3) is 6.08 Å². The maximum atomic E-state index is 4.27. The van der Waals surface area contributed by atoms with Gasteiger partial charge >= 0.3 is 0 Å². The molecular formula is C15H20N2. The fraction of sp³-hybridized carbons (Fsp3) is 0.533. The molecule has 2 nitrogen and oxygen atoms in total. The van der Waals surface area contributed by atoms with Crippen molar-refractivity contribution in [3.63, 3.8) is 0 Å². The summed E-state index contributed by atoms with van der Waals surface area (Å²) in [5.41, 5.74) is 4.78. The highest BCUT2D eigenvalue weighted by atomic mass is 15.1. The van der Waals surface area contributed by atoms with Crippen molar-refractivity contribution in [1.29, 1.82) is 0 Å². The van der Waals surface area contributed by atoms with Crippen LogP contribution in [0.1, 0.15) is 37.3 Å². The summed E-state index contributed by atoms with van der Waals surface area (Å²) in [7, 11) is 2.23. The third-order valence-corrected chi connectivity index (χ3v) is 4.39. The molecule has 1 fully saturated rings. The SMILES string of the molecule is CC1=Cc2cnccc2C2(CCN(C)CC2)C1. The number of nitrogens with zero attached hydrogens (tertiary/aromatic N) is 2. The molecule has 17 heavy (non-hydrogen) atoms. The van der Waals surface area contributed by atoms with E-state index in [9.17, 15) is 0 Å². The molecule has 2 heterocycles. The second-order valence-electron chi connectivity index (χ2n) is 5.71. The summed E-state index contributed by atoms with van der Waals surface area (Å²) in [6, 6.07) is 2.24. The summed E-state index contributed by atoms with van der Waals surface area (Å²) in [5.74, 6) is 0. The average Bonchev–Trinajstić information content (AvgIpc) is 2.33. The van der Waals surface area contributed by atoms with Gasteiger partial charge in [-0.05, 0) is 63.5 Å². The summed E-state index contributed by atoms with van der Waals surface area (Å²) in [5, 5.41) is 0. The van der Waals surface area contributed by atoms with Crippen molar-refractivity contribution >= 4 is 6.08 Å². The monoisotopic (exact) mass is 228 g/mol. The van der Waals surface area contributed by atoms with Gasteiger partial charge in [-0.1, -0.05) is 11.6 Å². The Kier molecular flexibility index (Phi) is 2.55. The van der Waals surface area contributed by atoms with Gasteiger partial charge in [0.25, 0.3) is 0 Å². The Morgan fingerprint density at radius 3 is 2.82 bits per heavy atom. The first-order chi connectivity index (χ1) is 8.20. The molecule has 1 aromatic rings. The lowest BCUT2D eigenvalue weighted by molar-refractivity contribution is 0.184. The summed E-state index contributed by atoms with van der Waals surface area (Å²) < 4.78 is 0. The summed E-state index contributed by atoms with van der Waals surface area (Å²) in [6.45, 7) is 4.69. The van der Waals surface area contributed by atoms with Gasteiger partial charge in [-0.25, -0.2) is 0 Å². The van der Waals surface area contributed by atoms with Crippen molar-refractivity contribution in [3.8, 4) is 0 Å². The number of hydrogen-bond acceptors (Lipinski definition) is 2. The van der Waals surface area contributed by atoms with Crippen LogP contribution in [0.4, 0.5) is 0 Å². The third kappa shape index (κ3) is 1.81. The Labute approximate surface area is 103 Å². The van der Waals surface area contributed by atoms with E-state index in [1.807, 2.05) is 12.4 Å². The minimum absolute atomic E-state index is 0.392. The predicted octanol–water partition coefficient (Wildman–Crippen LogP) is 2.85. The summed E-state index contributed by atoms with van der Waals surface area (Å²) >= 11 is 0. The first-order valence-corrected chi connectivity index (χ1v) is 6.50. The van der Waals surface area contributed by atoms with Crippen LogP contribution < -0.4 is 0 Å². The van der Waals surface area contributed by atoms with Gasteiger partial charge < -0.3 is 4.90 Å². The third-order valence-electron chi connectivity index (χ3n) is 4.39. The van der Waals surface area contributed by atoms with Crippen LogP contribution in [0.3, 0.4) is 0 Å². The topological polar surface area (TPSA) is 16.1 Å². The molecule has 0 bridgehead atoms. The number of aromatic nitrogens is 1. The van der Waals surface area contributed by atoms with Crippen LogP contribution >= 0.6 is 0 Å². The van der Waals surface area contributed by atoms with Crippen LogP contribution in [0, 0.1) is 0 Å². The van der Waals surface area contributed by atoms with Crippen LogP contribution in [0.2, 0.25) is 0 Å². The second-order valence-corrected chi connectivity index (χ2v) is 5.71. The normalized spacial score (nSPS) is 23.3. The van der Waals surface area contributed by atoms with Crippen molar-refractivity contribution in [1.82, 2.24) is 9.88 Å². The summed E-state index contributed by atoms with van der Waals surface area (Å²) in [6.07, 6.45) is 10.1. The standard InChI is InChI=1S/C15H20N2/c1-12-9-13-11-16-6-3-14(13)15(10-12)4-7-17(2)8-5-15/h3,6,9,11H,4-5,7-8,10H2,1-2H3. The number of rotatable bonds is 0. The van der Waals surface area contributed by atoms with Gasteiger partial charge in [0.1, 0.15) is 0 Å². The van der Waals surface area contributed by atoms with Gasteiger partial charge in [-0.3, -0.25) is 4.98 Å². The Bertz CT molecular complexity index is 454. The molecule has 0 atom stereocenters. The van der Waals surface area contributed by atoms with E-state index >= 15 is 0 Å². The molecule has 1 spiro atoms. The molecule has 90 valence electrons. The van der Waals surface area contributed by atoms with E-state index in [-0.39, 0.29) is 0 Å². The molecule has 0 amide bonds. The van der Waals surface area contributed by atoms with E-state index in [0.717, 1.165) is 0 Å². The maximum Gasteiger partial charge on any atom is 0.0343 e. The van der Waals surface area contributed by atoms with E-state index in [2.05, 4.69) is 36.0 Å². The smallest absolute Gasteiger partial charge is 0.0343 e. The fourth-order valence-electron chi connectivity index (χ4n) is 3.44. The van der Waals surface area contributed by atoms with Gasteiger partial charge in [0.2, 0.25) is 0 Å². The van der Waals surface area contributed by atoms with Crippen molar-refractivity contribution in [3.05, 3.63) is 35.2 Å². The maximum absolute atomic E-state index is 4.27. The zero-order chi connectivity index (χ0) is 11.9. The van der Waals surface area contributed by atoms with Gasteiger partial charge in [-0.2, -0.15) is 0 Å². The predicted molar refractivity (Wildman–Crippen MR) is 70.9 cm³/mol. The molecule has 0 saturated carbocycles. The number of allylic oxidation sites excluding steroid dienone is 1. The van der Waals surface area contributed by atoms with E-state index in [0.29, 0.717) is 5.41 Å². The van der Waals surface area contributed by atoms with E-state index < -0.39 is 0 Å². The molecule has 2 aliphatic rings. The molecule has 1 aromatic heterocycles. The van der Waals surface area contributed by atoms with Crippen LogP contribution in [-0.2, 0) is 5.41 Å². The van der Waals surface area contributed by atoms with Crippen molar-refractivity contribution in [2.75, 3.05) is 20.1 Å².